The predicted molar refractivity (Wildman–Crippen MR) is 99.4 cm³/mol. The molecular weight excluding hydrogens is 320 g/mol. The van der Waals surface area contributed by atoms with Crippen molar-refractivity contribution in [3.8, 4) is 0 Å². The van der Waals surface area contributed by atoms with Crippen molar-refractivity contribution in [1.29, 1.82) is 0 Å². The van der Waals surface area contributed by atoms with Gasteiger partial charge in [-0.25, -0.2) is 0 Å². The van der Waals surface area contributed by atoms with E-state index >= 15 is 0 Å². The van der Waals surface area contributed by atoms with Crippen LogP contribution in [0.5, 0.6) is 0 Å². The molecule has 0 rings (SSSR count). The normalized spacial score (nSPS) is 10.4. The number of hydrogen-bond acceptors (Lipinski definition) is 3. The number of unbranched alkanes of at least 4 members (excludes halogenated alkanes) is 8. The van der Waals surface area contributed by atoms with Gasteiger partial charge in [0.15, 0.2) is 0 Å². The van der Waals surface area contributed by atoms with Gasteiger partial charge in [-0.05, 0) is 19.3 Å². The topological polar surface area (TPSA) is 95.5 Å². The average molecular weight is 357 g/mol. The Hall–Kier alpha value is -1.59. The molecule has 0 saturated carbocycles. The highest BCUT2D eigenvalue weighted by Crippen LogP contribution is 2.08. The maximum Gasteiger partial charge on any atom is 0.305 e. The highest BCUT2D eigenvalue weighted by atomic mass is 16.4. The molecule has 0 aliphatic carbocycles. The summed E-state index contributed by atoms with van der Waals surface area (Å²) in [6, 6.07) is 0. The van der Waals surface area contributed by atoms with E-state index in [0.29, 0.717) is 12.8 Å². The summed E-state index contributed by atoms with van der Waals surface area (Å²) >= 11 is 0. The zero-order chi connectivity index (χ0) is 18.8. The maximum absolute atomic E-state index is 11.6. The molecule has 0 aliphatic rings. The van der Waals surface area contributed by atoms with Crippen LogP contribution in [0.25, 0.3) is 0 Å². The van der Waals surface area contributed by atoms with Crippen LogP contribution in [0, 0.1) is 0 Å². The van der Waals surface area contributed by atoms with E-state index in [1.165, 1.54) is 19.3 Å². The van der Waals surface area contributed by atoms with Gasteiger partial charge in [0.1, 0.15) is 0 Å². The van der Waals surface area contributed by atoms with Gasteiger partial charge in [0, 0.05) is 25.9 Å². The van der Waals surface area contributed by atoms with Crippen LogP contribution in [0.3, 0.4) is 0 Å². The Morgan fingerprint density at radius 1 is 0.640 bits per heavy atom. The van der Waals surface area contributed by atoms with E-state index in [0.717, 1.165) is 51.5 Å². The quantitative estimate of drug-likeness (QED) is 0.348. The summed E-state index contributed by atoms with van der Waals surface area (Å²) in [4.78, 5) is 33.4. The minimum atomic E-state index is -0.898. The third-order valence-electron chi connectivity index (χ3n) is 4.07. The van der Waals surface area contributed by atoms with Crippen molar-refractivity contribution in [2.45, 2.75) is 90.4 Å². The fourth-order valence-electron chi connectivity index (χ4n) is 2.54. The molecule has 0 aromatic heterocycles. The van der Waals surface area contributed by atoms with E-state index in [1.54, 1.807) is 0 Å². The van der Waals surface area contributed by atoms with Gasteiger partial charge in [-0.3, -0.25) is 14.4 Å². The molecule has 0 aliphatic heterocycles. The molecule has 0 aromatic rings. The van der Waals surface area contributed by atoms with Crippen LogP contribution >= 0.6 is 0 Å². The van der Waals surface area contributed by atoms with E-state index in [-0.39, 0.29) is 24.8 Å². The smallest absolute Gasteiger partial charge is 0.305 e. The largest absolute Gasteiger partial charge is 0.481 e. The number of amides is 2. The molecule has 0 radical (unpaired) electrons. The second-order valence-corrected chi connectivity index (χ2v) is 6.53. The van der Waals surface area contributed by atoms with E-state index in [1.807, 2.05) is 0 Å². The number of carboxylic acid groups (broad SMARTS) is 1. The zero-order valence-corrected chi connectivity index (χ0v) is 15.8. The van der Waals surface area contributed by atoms with Gasteiger partial charge in [0.25, 0.3) is 0 Å². The third-order valence-corrected chi connectivity index (χ3v) is 4.07. The van der Waals surface area contributed by atoms with E-state index in [9.17, 15) is 14.4 Å². The highest BCUT2D eigenvalue weighted by Gasteiger charge is 2.03. The summed E-state index contributed by atoms with van der Waals surface area (Å²) in [6.45, 7) is 3.18. The van der Waals surface area contributed by atoms with Gasteiger partial charge in [-0.1, -0.05) is 51.9 Å². The van der Waals surface area contributed by atoms with Crippen molar-refractivity contribution in [1.82, 2.24) is 10.6 Å². The Balaban J connectivity index is 3.28. The molecule has 0 atom stereocenters. The van der Waals surface area contributed by atoms with Crippen LogP contribution in [0.15, 0.2) is 0 Å². The number of carbonyl (C=O) groups excluding carboxylic acids is 2. The van der Waals surface area contributed by atoms with Gasteiger partial charge < -0.3 is 15.7 Å². The molecule has 6 nitrogen and oxygen atoms in total. The molecule has 0 saturated heterocycles. The Morgan fingerprint density at radius 3 is 1.64 bits per heavy atom. The second kappa shape index (κ2) is 17.2. The first-order valence-corrected chi connectivity index (χ1v) is 9.81. The second-order valence-electron chi connectivity index (χ2n) is 6.53. The van der Waals surface area contributed by atoms with Crippen LogP contribution in [-0.4, -0.2) is 36.0 Å². The van der Waals surface area contributed by atoms with E-state index in [4.69, 9.17) is 5.11 Å². The van der Waals surface area contributed by atoms with Crippen LogP contribution in [0.2, 0.25) is 0 Å². The lowest BCUT2D eigenvalue weighted by molar-refractivity contribution is -0.137. The standard InChI is InChI=1S/C19H36N2O4/c1-2-3-4-11-15-20-17(22)12-9-7-5-6-8-10-13-18(23)21-16-14-19(24)25/h2-16H2,1H3,(H,20,22)(H,21,23)(H,24,25). The summed E-state index contributed by atoms with van der Waals surface area (Å²) < 4.78 is 0. The number of hydrogen-bond donors (Lipinski definition) is 3. The number of nitrogens with one attached hydrogen (secondary N) is 2. The first-order chi connectivity index (χ1) is 12.1. The highest BCUT2D eigenvalue weighted by molar-refractivity contribution is 5.76. The Bertz CT molecular complexity index is 372. The lowest BCUT2D eigenvalue weighted by atomic mass is 10.1. The average Bonchev–Trinajstić information content (AvgIpc) is 2.56. The monoisotopic (exact) mass is 356 g/mol. The van der Waals surface area contributed by atoms with Crippen LogP contribution in [-0.2, 0) is 14.4 Å². The first-order valence-electron chi connectivity index (χ1n) is 9.81. The molecule has 0 spiro atoms. The molecule has 2 amide bonds. The van der Waals surface area contributed by atoms with Crippen molar-refractivity contribution < 1.29 is 19.5 Å². The van der Waals surface area contributed by atoms with Gasteiger partial charge >= 0.3 is 5.97 Å². The molecule has 0 fully saturated rings. The SMILES string of the molecule is CCCCCCNC(=O)CCCCCCCCC(=O)NCCC(=O)O. The first kappa shape index (κ1) is 23.4. The van der Waals surface area contributed by atoms with Crippen LogP contribution in [0.1, 0.15) is 90.4 Å². The number of carbonyl (C=O) groups is 3. The molecular formula is C19H36N2O4. The minimum absolute atomic E-state index is 0.0297. The van der Waals surface area contributed by atoms with Crippen LogP contribution < -0.4 is 10.6 Å². The molecule has 3 N–H and O–H groups in total. The zero-order valence-electron chi connectivity index (χ0n) is 15.8. The van der Waals surface area contributed by atoms with Gasteiger partial charge in [-0.2, -0.15) is 0 Å². The number of rotatable bonds is 17. The van der Waals surface area contributed by atoms with Crippen molar-refractivity contribution in [2.75, 3.05) is 13.1 Å². The molecule has 146 valence electrons. The lowest BCUT2D eigenvalue weighted by Crippen LogP contribution is -2.25. The fourth-order valence-corrected chi connectivity index (χ4v) is 2.54. The fraction of sp³-hybridized carbons (Fsp3) is 0.842. The van der Waals surface area contributed by atoms with Crippen molar-refractivity contribution in [3.05, 3.63) is 0 Å². The molecule has 25 heavy (non-hydrogen) atoms. The van der Waals surface area contributed by atoms with Gasteiger partial charge in [-0.15, -0.1) is 0 Å². The summed E-state index contributed by atoms with van der Waals surface area (Å²) in [5.41, 5.74) is 0. The van der Waals surface area contributed by atoms with E-state index in [2.05, 4.69) is 17.6 Å². The molecule has 0 bridgehead atoms. The Kier molecular flexibility index (Phi) is 16.1. The van der Waals surface area contributed by atoms with Gasteiger partial charge in [0.2, 0.25) is 11.8 Å². The number of carboxylic acids is 1. The van der Waals surface area contributed by atoms with Crippen molar-refractivity contribution in [3.63, 3.8) is 0 Å². The molecule has 6 heteroatoms. The Morgan fingerprint density at radius 2 is 1.12 bits per heavy atom. The molecule has 0 unspecified atom stereocenters. The Labute approximate surface area is 152 Å². The lowest BCUT2D eigenvalue weighted by Gasteiger charge is -2.05. The molecule has 0 heterocycles. The van der Waals surface area contributed by atoms with E-state index < -0.39 is 5.97 Å². The maximum atomic E-state index is 11.6. The van der Waals surface area contributed by atoms with Gasteiger partial charge in [0.05, 0.1) is 6.42 Å². The van der Waals surface area contributed by atoms with Crippen molar-refractivity contribution in [2.24, 2.45) is 0 Å². The third kappa shape index (κ3) is 18.6. The summed E-state index contributed by atoms with van der Waals surface area (Å²) in [5.74, 6) is -0.808. The summed E-state index contributed by atoms with van der Waals surface area (Å²) in [7, 11) is 0. The molecule has 0 aromatic carbocycles. The number of aliphatic carboxylic acids is 1. The van der Waals surface area contributed by atoms with Crippen molar-refractivity contribution >= 4 is 17.8 Å². The minimum Gasteiger partial charge on any atom is -0.481 e. The summed E-state index contributed by atoms with van der Waals surface area (Å²) in [5, 5.41) is 14.0. The van der Waals surface area contributed by atoms with Crippen LogP contribution in [0.4, 0.5) is 0 Å². The predicted octanol–water partition coefficient (Wildman–Crippen LogP) is 3.39. The summed E-state index contributed by atoms with van der Waals surface area (Å²) in [6.07, 6.45) is 11.7.